The average Bonchev–Trinajstić information content (AvgIpc) is 2.53. The van der Waals surface area contributed by atoms with Crippen molar-refractivity contribution >= 4 is 17.5 Å². The Labute approximate surface area is 137 Å². The van der Waals surface area contributed by atoms with Gasteiger partial charge in [0.2, 0.25) is 0 Å². The highest BCUT2D eigenvalue weighted by molar-refractivity contribution is 6.17. The van der Waals surface area contributed by atoms with Crippen LogP contribution >= 0.6 is 0 Å². The predicted octanol–water partition coefficient (Wildman–Crippen LogP) is -3.47. The van der Waals surface area contributed by atoms with E-state index in [4.69, 9.17) is 9.57 Å². The maximum Gasteiger partial charge on any atom is 0.282 e. The molecule has 4 atom stereocenters. The summed E-state index contributed by atoms with van der Waals surface area (Å²) in [6.45, 7) is 1.77. The number of oxime groups is 1. The third-order valence-corrected chi connectivity index (χ3v) is 3.94. The monoisotopic (exact) mass is 347 g/mol. The molecule has 3 aliphatic heterocycles. The third kappa shape index (κ3) is 2.74. The minimum Gasteiger partial charge on any atom is -0.396 e. The van der Waals surface area contributed by atoms with Crippen molar-refractivity contribution < 1.29 is 39.6 Å². The van der Waals surface area contributed by atoms with E-state index in [1.807, 2.05) is 5.32 Å². The summed E-state index contributed by atoms with van der Waals surface area (Å²) < 4.78 is 5.33. The molecule has 2 amide bonds. The van der Waals surface area contributed by atoms with Crippen LogP contribution in [0.3, 0.4) is 0 Å². The first-order chi connectivity index (χ1) is 11.1. The molecule has 0 saturated carbocycles. The van der Waals surface area contributed by atoms with Gasteiger partial charge in [-0.15, -0.1) is 0 Å². The molecular weight excluding hydrogens is 326 g/mol. The summed E-state index contributed by atoms with van der Waals surface area (Å²) in [6, 6.07) is 0. The smallest absolute Gasteiger partial charge is 0.282 e. The molecule has 0 aromatic carbocycles. The largest absolute Gasteiger partial charge is 0.396 e. The Morgan fingerprint density at radius 1 is 1.42 bits per heavy atom. The van der Waals surface area contributed by atoms with E-state index in [1.54, 1.807) is 6.92 Å². The molecule has 3 rings (SSSR count). The third-order valence-electron chi connectivity index (χ3n) is 3.94. The second-order valence-corrected chi connectivity index (χ2v) is 5.83. The van der Waals surface area contributed by atoms with Gasteiger partial charge in [0.1, 0.15) is 24.0 Å². The summed E-state index contributed by atoms with van der Waals surface area (Å²) in [6.07, 6.45) is -2.09. The fraction of sp³-hybridized carbons (Fsp3) is 0.769. The number of nitrogens with one attached hydrogen (secondary N) is 2. The van der Waals surface area contributed by atoms with Gasteiger partial charge in [0, 0.05) is 6.42 Å². The van der Waals surface area contributed by atoms with Crippen LogP contribution in [0.1, 0.15) is 20.3 Å². The van der Waals surface area contributed by atoms with E-state index < -0.39 is 41.6 Å². The van der Waals surface area contributed by atoms with Crippen LogP contribution in [0.25, 0.3) is 0 Å². The molecule has 6 N–H and O–H groups in total. The van der Waals surface area contributed by atoms with Crippen LogP contribution in [-0.4, -0.2) is 80.9 Å². The van der Waals surface area contributed by atoms with Gasteiger partial charge in [0.15, 0.2) is 0 Å². The van der Waals surface area contributed by atoms with E-state index in [0.29, 0.717) is 0 Å². The Morgan fingerprint density at radius 3 is 2.67 bits per heavy atom. The zero-order valence-electron chi connectivity index (χ0n) is 13.3. The molecule has 2 bridgehead atoms. The zero-order valence-corrected chi connectivity index (χ0v) is 13.3. The van der Waals surface area contributed by atoms with Crippen LogP contribution < -0.4 is 10.6 Å². The minimum atomic E-state index is -2.47. The number of nitrogens with zero attached hydrogens (tertiary/aromatic N) is 1. The summed E-state index contributed by atoms with van der Waals surface area (Å²) in [7, 11) is 0. The van der Waals surface area contributed by atoms with Crippen molar-refractivity contribution in [3.05, 3.63) is 0 Å². The van der Waals surface area contributed by atoms with Crippen molar-refractivity contribution in [2.24, 2.45) is 5.16 Å². The number of hydrogen-bond donors (Lipinski definition) is 6. The first-order valence-corrected chi connectivity index (χ1v) is 7.36. The van der Waals surface area contributed by atoms with Crippen molar-refractivity contribution in [3.8, 4) is 0 Å². The van der Waals surface area contributed by atoms with Crippen molar-refractivity contribution in [3.63, 3.8) is 0 Å². The molecule has 0 spiro atoms. The predicted molar refractivity (Wildman–Crippen MR) is 77.3 cm³/mol. The number of rotatable bonds is 5. The number of ether oxygens (including phenoxy) is 1. The standard InChI is InChI=1S/C13H21N3O8/c1-3-24-16-7-4-5-23-13(8(18)11(2,21)6-17)10(20)14-12(7,22)9(19)15-13/h8,17-18,21-22H,3-6H2,1-2H3,(H,14,20)(H,15,19)/t8-,11-,12+,13-/m0/s1. The van der Waals surface area contributed by atoms with Crippen LogP contribution in [-0.2, 0) is 19.2 Å². The molecule has 3 fully saturated rings. The minimum absolute atomic E-state index is 0.0834. The highest BCUT2D eigenvalue weighted by Crippen LogP contribution is 2.30. The lowest BCUT2D eigenvalue weighted by atomic mass is 9.85. The number of carbonyl (C=O) groups is 2. The Bertz CT molecular complexity index is 565. The van der Waals surface area contributed by atoms with Crippen LogP contribution in [0.2, 0.25) is 0 Å². The van der Waals surface area contributed by atoms with Gasteiger partial charge >= 0.3 is 0 Å². The summed E-state index contributed by atoms with van der Waals surface area (Å²) in [4.78, 5) is 29.6. The van der Waals surface area contributed by atoms with Gasteiger partial charge in [0.05, 0.1) is 13.2 Å². The van der Waals surface area contributed by atoms with Crippen molar-refractivity contribution in [2.45, 2.75) is 43.4 Å². The SMILES string of the molecule is CCON=C1CCO[C@]2([C@@H](O)[C@@](C)(O)CO)NC(=O)[C@@]1(O)NC2=O. The number of amides is 2. The Balaban J connectivity index is 2.44. The average molecular weight is 347 g/mol. The van der Waals surface area contributed by atoms with E-state index in [2.05, 4.69) is 10.5 Å². The van der Waals surface area contributed by atoms with Gasteiger partial charge in [-0.2, -0.15) is 0 Å². The number of hydrogen-bond acceptors (Lipinski definition) is 9. The normalized spacial score (nSPS) is 35.5. The number of aliphatic hydroxyl groups is 4. The molecule has 3 heterocycles. The molecule has 0 aromatic heterocycles. The lowest BCUT2D eigenvalue weighted by molar-refractivity contribution is -0.227. The summed E-state index contributed by atoms with van der Waals surface area (Å²) >= 11 is 0. The van der Waals surface area contributed by atoms with Crippen LogP contribution in [0.4, 0.5) is 0 Å². The Morgan fingerprint density at radius 2 is 2.08 bits per heavy atom. The molecule has 3 saturated heterocycles. The van der Waals surface area contributed by atoms with Gasteiger partial charge < -0.3 is 40.6 Å². The second kappa shape index (κ2) is 6.26. The van der Waals surface area contributed by atoms with Crippen LogP contribution in [0.5, 0.6) is 0 Å². The number of carbonyl (C=O) groups excluding carboxylic acids is 2. The van der Waals surface area contributed by atoms with Crippen LogP contribution in [0, 0.1) is 0 Å². The highest BCUT2D eigenvalue weighted by atomic mass is 16.6. The molecule has 11 nitrogen and oxygen atoms in total. The molecule has 3 aliphatic rings. The summed E-state index contributed by atoms with van der Waals surface area (Å²) in [5.74, 6) is -2.22. The van der Waals surface area contributed by atoms with Gasteiger partial charge in [-0.25, -0.2) is 0 Å². The number of piperazine rings is 1. The fourth-order valence-electron chi connectivity index (χ4n) is 2.47. The van der Waals surface area contributed by atoms with Gasteiger partial charge in [-0.1, -0.05) is 5.16 Å². The van der Waals surface area contributed by atoms with Crippen molar-refractivity contribution in [1.29, 1.82) is 0 Å². The van der Waals surface area contributed by atoms with Gasteiger partial charge in [0.25, 0.3) is 23.3 Å². The Hall–Kier alpha value is -1.79. The van der Waals surface area contributed by atoms with E-state index in [0.717, 1.165) is 6.92 Å². The topological polar surface area (TPSA) is 170 Å². The molecule has 0 aliphatic carbocycles. The van der Waals surface area contributed by atoms with Crippen molar-refractivity contribution in [2.75, 3.05) is 19.8 Å². The molecule has 136 valence electrons. The van der Waals surface area contributed by atoms with Crippen molar-refractivity contribution in [1.82, 2.24) is 10.6 Å². The molecule has 24 heavy (non-hydrogen) atoms. The molecule has 0 aromatic rings. The molecule has 0 radical (unpaired) electrons. The van der Waals surface area contributed by atoms with E-state index in [-0.39, 0.29) is 25.3 Å². The highest BCUT2D eigenvalue weighted by Gasteiger charge is 2.64. The maximum atomic E-state index is 12.5. The molecule has 0 unspecified atom stereocenters. The fourth-order valence-corrected chi connectivity index (χ4v) is 2.47. The first-order valence-electron chi connectivity index (χ1n) is 7.36. The molecular formula is C13H21N3O8. The Kier molecular flexibility index (Phi) is 4.84. The second-order valence-electron chi connectivity index (χ2n) is 5.83. The molecule has 11 heteroatoms. The summed E-state index contributed by atoms with van der Waals surface area (Å²) in [5.41, 5.74) is -7.16. The van der Waals surface area contributed by atoms with E-state index in [9.17, 15) is 30.0 Å². The van der Waals surface area contributed by atoms with E-state index >= 15 is 0 Å². The lowest BCUT2D eigenvalue weighted by Crippen LogP contribution is -2.84. The quantitative estimate of drug-likeness (QED) is 0.279. The van der Waals surface area contributed by atoms with Crippen LogP contribution in [0.15, 0.2) is 5.16 Å². The number of aliphatic hydroxyl groups excluding tert-OH is 2. The van der Waals surface area contributed by atoms with Gasteiger partial charge in [-0.05, 0) is 13.8 Å². The lowest BCUT2D eigenvalue weighted by Gasteiger charge is -2.49. The van der Waals surface area contributed by atoms with Gasteiger partial charge in [-0.3, -0.25) is 9.59 Å². The summed E-state index contributed by atoms with van der Waals surface area (Å²) in [5, 5.41) is 47.8. The van der Waals surface area contributed by atoms with E-state index in [1.165, 1.54) is 0 Å². The zero-order chi connectivity index (χ0) is 18.2. The maximum absolute atomic E-state index is 12.5. The number of fused-ring (bicyclic) bond motifs is 5. The first kappa shape index (κ1) is 18.5.